The third-order valence-electron chi connectivity index (χ3n) is 3.35. The first-order valence-corrected chi connectivity index (χ1v) is 6.27. The normalized spacial score (nSPS) is 14.6. The molecule has 0 fully saturated rings. The third kappa shape index (κ3) is 3.58. The Kier molecular flexibility index (Phi) is 4.73. The quantitative estimate of drug-likeness (QED) is 0.811. The van der Waals surface area contributed by atoms with E-state index in [-0.39, 0.29) is 11.8 Å². The average molecular weight is 234 g/mol. The number of carboxylic acid groups (broad SMARTS) is 1. The Morgan fingerprint density at radius 3 is 2.29 bits per heavy atom. The van der Waals surface area contributed by atoms with E-state index in [1.165, 1.54) is 0 Å². The van der Waals surface area contributed by atoms with Crippen molar-refractivity contribution in [3.8, 4) is 0 Å². The fraction of sp³-hybridized carbons (Fsp3) is 0.533. The van der Waals surface area contributed by atoms with Gasteiger partial charge in [0, 0.05) is 5.41 Å². The number of hydrogen-bond donors (Lipinski definition) is 1. The fourth-order valence-electron chi connectivity index (χ4n) is 2.63. The molecule has 0 saturated carbocycles. The van der Waals surface area contributed by atoms with Gasteiger partial charge < -0.3 is 5.11 Å². The summed E-state index contributed by atoms with van der Waals surface area (Å²) in [6.07, 6.45) is 1.99. The largest absolute Gasteiger partial charge is 0.481 e. The van der Waals surface area contributed by atoms with Crippen molar-refractivity contribution in [1.82, 2.24) is 0 Å². The van der Waals surface area contributed by atoms with E-state index in [1.54, 1.807) is 0 Å². The molecule has 0 aromatic heterocycles. The Morgan fingerprint density at radius 2 is 1.88 bits per heavy atom. The molecule has 0 heterocycles. The predicted octanol–water partition coefficient (Wildman–Crippen LogP) is 3.86. The lowest BCUT2D eigenvalue weighted by atomic mass is 9.70. The number of hydrogen-bond acceptors (Lipinski definition) is 1. The fourth-order valence-corrected chi connectivity index (χ4v) is 2.63. The molecule has 1 unspecified atom stereocenters. The van der Waals surface area contributed by atoms with Gasteiger partial charge in [0.25, 0.3) is 0 Å². The Labute approximate surface area is 104 Å². The van der Waals surface area contributed by atoms with Gasteiger partial charge in [-0.2, -0.15) is 0 Å². The summed E-state index contributed by atoms with van der Waals surface area (Å²) >= 11 is 0. The second kappa shape index (κ2) is 5.85. The minimum absolute atomic E-state index is 0.214. The van der Waals surface area contributed by atoms with Crippen LogP contribution in [0.3, 0.4) is 0 Å². The zero-order chi connectivity index (χ0) is 12.9. The molecule has 2 nitrogen and oxygen atoms in total. The van der Waals surface area contributed by atoms with Gasteiger partial charge in [0.05, 0.1) is 6.42 Å². The number of carbonyl (C=O) groups is 1. The Bertz CT molecular complexity index is 356. The zero-order valence-electron chi connectivity index (χ0n) is 10.9. The standard InChI is InChI=1S/C15H22O2/c1-4-15(10-12(2)3,11-14(16)17)13-8-6-5-7-9-13/h5-9,12H,4,10-11H2,1-3H3,(H,16,17). The smallest absolute Gasteiger partial charge is 0.304 e. The summed E-state index contributed by atoms with van der Waals surface area (Å²) in [6, 6.07) is 10.0. The molecule has 0 saturated heterocycles. The highest BCUT2D eigenvalue weighted by Gasteiger charge is 2.33. The summed E-state index contributed by atoms with van der Waals surface area (Å²) in [5.41, 5.74) is 0.931. The number of aliphatic carboxylic acids is 1. The van der Waals surface area contributed by atoms with Crippen molar-refractivity contribution in [2.75, 3.05) is 0 Å². The molecule has 17 heavy (non-hydrogen) atoms. The van der Waals surface area contributed by atoms with E-state index < -0.39 is 5.97 Å². The van der Waals surface area contributed by atoms with E-state index in [9.17, 15) is 4.79 Å². The van der Waals surface area contributed by atoms with Crippen LogP contribution >= 0.6 is 0 Å². The van der Waals surface area contributed by atoms with Crippen LogP contribution in [0.15, 0.2) is 30.3 Å². The maximum absolute atomic E-state index is 11.1. The van der Waals surface area contributed by atoms with Gasteiger partial charge in [-0.05, 0) is 24.3 Å². The van der Waals surface area contributed by atoms with Crippen LogP contribution in [-0.4, -0.2) is 11.1 Å². The van der Waals surface area contributed by atoms with E-state index >= 15 is 0 Å². The minimum atomic E-state index is -0.712. The molecule has 0 aliphatic heterocycles. The van der Waals surface area contributed by atoms with Crippen molar-refractivity contribution in [3.05, 3.63) is 35.9 Å². The lowest BCUT2D eigenvalue weighted by Crippen LogP contribution is -2.30. The van der Waals surface area contributed by atoms with Crippen LogP contribution < -0.4 is 0 Å². The summed E-state index contributed by atoms with van der Waals surface area (Å²) in [7, 11) is 0. The highest BCUT2D eigenvalue weighted by molar-refractivity contribution is 5.69. The molecule has 1 aromatic rings. The monoisotopic (exact) mass is 234 g/mol. The van der Waals surface area contributed by atoms with Crippen molar-refractivity contribution in [2.24, 2.45) is 5.92 Å². The average Bonchev–Trinajstić information content (AvgIpc) is 2.28. The van der Waals surface area contributed by atoms with Crippen molar-refractivity contribution in [1.29, 1.82) is 0 Å². The van der Waals surface area contributed by atoms with E-state index in [2.05, 4.69) is 32.9 Å². The van der Waals surface area contributed by atoms with Crippen LogP contribution in [0.25, 0.3) is 0 Å². The maximum Gasteiger partial charge on any atom is 0.304 e. The van der Waals surface area contributed by atoms with Gasteiger partial charge in [0.1, 0.15) is 0 Å². The van der Waals surface area contributed by atoms with Gasteiger partial charge in [0.15, 0.2) is 0 Å². The van der Waals surface area contributed by atoms with Crippen LogP contribution in [0.5, 0.6) is 0 Å². The summed E-state index contributed by atoms with van der Waals surface area (Å²) < 4.78 is 0. The minimum Gasteiger partial charge on any atom is -0.481 e. The Balaban J connectivity index is 3.10. The predicted molar refractivity (Wildman–Crippen MR) is 70.1 cm³/mol. The van der Waals surface area contributed by atoms with Crippen molar-refractivity contribution in [3.63, 3.8) is 0 Å². The molecule has 0 bridgehead atoms. The summed E-state index contributed by atoms with van der Waals surface area (Å²) in [4.78, 5) is 11.1. The highest BCUT2D eigenvalue weighted by atomic mass is 16.4. The van der Waals surface area contributed by atoms with Crippen molar-refractivity contribution < 1.29 is 9.90 Å². The molecule has 1 N–H and O–H groups in total. The van der Waals surface area contributed by atoms with Gasteiger partial charge in [-0.25, -0.2) is 0 Å². The lowest BCUT2D eigenvalue weighted by Gasteiger charge is -2.33. The van der Waals surface area contributed by atoms with Gasteiger partial charge >= 0.3 is 5.97 Å². The van der Waals surface area contributed by atoms with E-state index in [0.29, 0.717) is 5.92 Å². The summed E-state index contributed by atoms with van der Waals surface area (Å²) in [5.74, 6) is -0.217. The molecule has 0 amide bonds. The van der Waals surface area contributed by atoms with Gasteiger partial charge in [-0.1, -0.05) is 51.1 Å². The Hall–Kier alpha value is -1.31. The summed E-state index contributed by atoms with van der Waals surface area (Å²) in [6.45, 7) is 6.38. The molecule has 0 aliphatic carbocycles. The molecule has 1 aromatic carbocycles. The second-order valence-electron chi connectivity index (χ2n) is 5.17. The van der Waals surface area contributed by atoms with Crippen LogP contribution in [0.2, 0.25) is 0 Å². The number of rotatable bonds is 6. The van der Waals surface area contributed by atoms with Gasteiger partial charge in [0.2, 0.25) is 0 Å². The summed E-state index contributed by atoms with van der Waals surface area (Å²) in [5, 5.41) is 9.15. The molecule has 0 spiro atoms. The van der Waals surface area contributed by atoms with E-state index in [0.717, 1.165) is 18.4 Å². The molecular weight excluding hydrogens is 212 g/mol. The Morgan fingerprint density at radius 1 is 1.29 bits per heavy atom. The van der Waals surface area contributed by atoms with Crippen molar-refractivity contribution >= 4 is 5.97 Å². The van der Waals surface area contributed by atoms with Gasteiger partial charge in [-0.3, -0.25) is 4.79 Å². The molecule has 1 atom stereocenters. The molecule has 1 rings (SSSR count). The molecule has 2 heteroatoms. The van der Waals surface area contributed by atoms with Gasteiger partial charge in [-0.15, -0.1) is 0 Å². The first-order valence-electron chi connectivity index (χ1n) is 6.27. The van der Waals surface area contributed by atoms with Crippen LogP contribution in [-0.2, 0) is 10.2 Å². The van der Waals surface area contributed by atoms with E-state index in [4.69, 9.17) is 5.11 Å². The second-order valence-corrected chi connectivity index (χ2v) is 5.17. The van der Waals surface area contributed by atoms with Crippen molar-refractivity contribution in [2.45, 2.75) is 45.4 Å². The molecule has 0 radical (unpaired) electrons. The SMILES string of the molecule is CCC(CC(=O)O)(CC(C)C)c1ccccc1. The number of carboxylic acids is 1. The van der Waals surface area contributed by atoms with Crippen LogP contribution in [0, 0.1) is 5.92 Å². The highest BCUT2D eigenvalue weighted by Crippen LogP contribution is 2.37. The molecular formula is C15H22O2. The van der Waals surface area contributed by atoms with Crippen LogP contribution in [0.1, 0.15) is 45.6 Å². The first kappa shape index (κ1) is 13.8. The molecule has 94 valence electrons. The maximum atomic E-state index is 11.1. The first-order chi connectivity index (χ1) is 8.00. The zero-order valence-corrected chi connectivity index (χ0v) is 10.9. The topological polar surface area (TPSA) is 37.3 Å². The van der Waals surface area contributed by atoms with Crippen LogP contribution in [0.4, 0.5) is 0 Å². The lowest BCUT2D eigenvalue weighted by molar-refractivity contribution is -0.138. The molecule has 0 aliphatic rings. The number of benzene rings is 1. The third-order valence-corrected chi connectivity index (χ3v) is 3.35. The van der Waals surface area contributed by atoms with E-state index in [1.807, 2.05) is 18.2 Å².